The van der Waals surface area contributed by atoms with Crippen molar-refractivity contribution < 1.29 is 23.5 Å². The van der Waals surface area contributed by atoms with Gasteiger partial charge in [0.15, 0.2) is 14.6 Å². The van der Waals surface area contributed by atoms with Crippen LogP contribution in [0.3, 0.4) is 0 Å². The van der Waals surface area contributed by atoms with Crippen molar-refractivity contribution in [3.63, 3.8) is 0 Å². The molecule has 1 atom stereocenters. The fourth-order valence-corrected chi connectivity index (χ4v) is 4.38. The zero-order valence-electron chi connectivity index (χ0n) is 16.5. The number of thioether (sulfide) groups is 1. The number of hydrogen-bond acceptors (Lipinski definition) is 7. The molecule has 0 spiro atoms. The summed E-state index contributed by atoms with van der Waals surface area (Å²) >= 11 is 1.63. The normalized spacial score (nSPS) is 16.9. The Morgan fingerprint density at radius 3 is 2.73 bits per heavy atom. The number of hydrogen-bond donors (Lipinski definition) is 3. The summed E-state index contributed by atoms with van der Waals surface area (Å²) in [4.78, 5) is 11.9. The lowest BCUT2D eigenvalue weighted by atomic mass is 10.1. The molecule has 0 aliphatic carbocycles. The maximum atomic E-state index is 12.1. The van der Waals surface area contributed by atoms with Gasteiger partial charge < -0.3 is 5.11 Å². The third-order valence-corrected chi connectivity index (χ3v) is 8.41. The Hall–Kier alpha value is -2.50. The van der Waals surface area contributed by atoms with Crippen LogP contribution in [0.25, 0.3) is 10.9 Å². The Labute approximate surface area is 178 Å². The zero-order valence-corrected chi connectivity index (χ0v) is 18.1. The third kappa shape index (κ3) is 4.63. The minimum absolute atomic E-state index is 0.0599. The smallest absolute Gasteiger partial charge is 0.264 e. The molecule has 8 nitrogen and oxygen atoms in total. The first-order valence-corrected chi connectivity index (χ1v) is 12.1. The molecular formula is C20H21N3O5S2. The number of aryl methyl sites for hydroxylation is 1. The summed E-state index contributed by atoms with van der Waals surface area (Å²) < 4.78 is 23.9. The highest BCUT2D eigenvalue weighted by Gasteiger charge is 2.43. The Kier molecular flexibility index (Phi) is 6.16. The number of benzene rings is 1. The van der Waals surface area contributed by atoms with Gasteiger partial charge in [0.25, 0.3) is 5.91 Å². The molecule has 158 valence electrons. The Morgan fingerprint density at radius 1 is 1.40 bits per heavy atom. The van der Waals surface area contributed by atoms with Gasteiger partial charge >= 0.3 is 0 Å². The number of aliphatic hydroxyl groups is 1. The van der Waals surface area contributed by atoms with Crippen LogP contribution < -0.4 is 5.48 Å². The van der Waals surface area contributed by atoms with E-state index in [1.165, 1.54) is 12.4 Å². The van der Waals surface area contributed by atoms with E-state index in [4.69, 9.17) is 5.21 Å². The molecule has 3 rings (SSSR count). The molecule has 0 saturated carbocycles. The summed E-state index contributed by atoms with van der Waals surface area (Å²) in [6.45, 7) is 1.43. The first kappa shape index (κ1) is 22.2. The summed E-state index contributed by atoms with van der Waals surface area (Å²) in [5.41, 5.74) is 1.94. The van der Waals surface area contributed by atoms with Gasteiger partial charge in [0.05, 0.1) is 5.52 Å². The summed E-state index contributed by atoms with van der Waals surface area (Å²) in [6, 6.07) is 5.41. The van der Waals surface area contributed by atoms with Gasteiger partial charge in [0.1, 0.15) is 5.60 Å². The van der Waals surface area contributed by atoms with Crippen LogP contribution in [-0.2, 0) is 21.2 Å². The van der Waals surface area contributed by atoms with E-state index in [0.29, 0.717) is 17.0 Å². The van der Waals surface area contributed by atoms with E-state index in [2.05, 4.69) is 28.8 Å². The van der Waals surface area contributed by atoms with Gasteiger partial charge in [-0.1, -0.05) is 11.8 Å². The lowest BCUT2D eigenvalue weighted by Gasteiger charge is -2.29. The van der Waals surface area contributed by atoms with Crippen molar-refractivity contribution in [3.05, 3.63) is 30.0 Å². The molecule has 0 bridgehead atoms. The van der Waals surface area contributed by atoms with Crippen molar-refractivity contribution in [3.8, 4) is 23.7 Å². The molecule has 1 saturated heterocycles. The average Bonchev–Trinajstić information content (AvgIpc) is 3.08. The number of nitrogens with zero attached hydrogens (tertiary/aromatic N) is 2. The molecule has 2 aromatic rings. The van der Waals surface area contributed by atoms with Crippen LogP contribution in [0.2, 0.25) is 0 Å². The third-order valence-electron chi connectivity index (χ3n) is 5.02. The van der Waals surface area contributed by atoms with Crippen molar-refractivity contribution in [2.75, 3.05) is 17.8 Å². The van der Waals surface area contributed by atoms with Gasteiger partial charge in [0, 0.05) is 41.5 Å². The van der Waals surface area contributed by atoms with Crippen molar-refractivity contribution in [1.29, 1.82) is 0 Å². The van der Waals surface area contributed by atoms with Gasteiger partial charge in [-0.15, -0.1) is 0 Å². The fourth-order valence-electron chi connectivity index (χ4n) is 2.80. The number of carbonyl (C=O) groups is 1. The van der Waals surface area contributed by atoms with E-state index in [9.17, 15) is 18.3 Å². The standard InChI is InChI=1S/C20H21N3O5S2/c1-19(18(24)22-26,30(2,27)28)9-10-23-12-16-11-15(6-7-17(16)21-23)5-3-4-8-20(25)13-29-14-20/h6-7,11-12,25-26H,9-10,13-14H2,1-2H3,(H,22,24)/t19-/m1/s1. The molecule has 2 heterocycles. The number of aromatic nitrogens is 2. The quantitative estimate of drug-likeness (QED) is 0.348. The lowest BCUT2D eigenvalue weighted by Crippen LogP contribution is -2.49. The summed E-state index contributed by atoms with van der Waals surface area (Å²) in [7, 11) is -3.77. The minimum Gasteiger partial charge on any atom is -0.376 e. The Balaban J connectivity index is 1.75. The summed E-state index contributed by atoms with van der Waals surface area (Å²) in [6.07, 6.45) is 2.63. The number of nitrogens with one attached hydrogen (secondary N) is 1. The zero-order chi connectivity index (χ0) is 22.0. The van der Waals surface area contributed by atoms with Crippen molar-refractivity contribution >= 4 is 38.4 Å². The van der Waals surface area contributed by atoms with E-state index in [1.807, 2.05) is 6.07 Å². The predicted octanol–water partition coefficient (Wildman–Crippen LogP) is 0.568. The van der Waals surface area contributed by atoms with Crippen LogP contribution in [0.1, 0.15) is 18.9 Å². The van der Waals surface area contributed by atoms with Crippen LogP contribution >= 0.6 is 11.8 Å². The van der Waals surface area contributed by atoms with Crippen LogP contribution in [0.15, 0.2) is 24.4 Å². The SMILES string of the molecule is C[C@@](CCn1cc2cc(C#CC#CC3(O)CSC3)ccc2n1)(C(=O)NO)S(C)(=O)=O. The molecule has 0 unspecified atom stereocenters. The number of sulfone groups is 1. The number of fused-ring (bicyclic) bond motifs is 1. The fraction of sp³-hybridized carbons (Fsp3) is 0.400. The molecule has 30 heavy (non-hydrogen) atoms. The maximum Gasteiger partial charge on any atom is 0.264 e. The highest BCUT2D eigenvalue weighted by molar-refractivity contribution is 8.00. The van der Waals surface area contributed by atoms with Gasteiger partial charge in [-0.05, 0) is 43.4 Å². The first-order chi connectivity index (χ1) is 14.1. The van der Waals surface area contributed by atoms with Crippen molar-refractivity contribution in [2.24, 2.45) is 0 Å². The van der Waals surface area contributed by atoms with Gasteiger partial charge in [-0.25, -0.2) is 13.9 Å². The monoisotopic (exact) mass is 447 g/mol. The van der Waals surface area contributed by atoms with Gasteiger partial charge in [0.2, 0.25) is 0 Å². The topological polar surface area (TPSA) is 122 Å². The Morgan fingerprint density at radius 2 is 2.13 bits per heavy atom. The van der Waals surface area contributed by atoms with Crippen LogP contribution in [0, 0.1) is 23.7 Å². The minimum atomic E-state index is -3.77. The highest BCUT2D eigenvalue weighted by Crippen LogP contribution is 2.28. The van der Waals surface area contributed by atoms with Gasteiger partial charge in [-0.3, -0.25) is 14.7 Å². The molecule has 3 N–H and O–H groups in total. The molecule has 1 aromatic heterocycles. The number of rotatable bonds is 5. The molecule has 1 fully saturated rings. The van der Waals surface area contributed by atoms with Gasteiger partial charge in [-0.2, -0.15) is 16.9 Å². The van der Waals surface area contributed by atoms with E-state index < -0.39 is 26.1 Å². The maximum absolute atomic E-state index is 12.1. The second-order valence-corrected chi connectivity index (χ2v) is 10.8. The second-order valence-electron chi connectivity index (χ2n) is 7.38. The number of carbonyl (C=O) groups excluding carboxylic acids is 1. The van der Waals surface area contributed by atoms with E-state index in [0.717, 1.165) is 17.2 Å². The highest BCUT2D eigenvalue weighted by atomic mass is 32.2. The predicted molar refractivity (Wildman–Crippen MR) is 114 cm³/mol. The van der Waals surface area contributed by atoms with Crippen LogP contribution in [-0.4, -0.2) is 62.5 Å². The van der Waals surface area contributed by atoms with Crippen LogP contribution in [0.4, 0.5) is 0 Å². The first-order valence-electron chi connectivity index (χ1n) is 9.01. The lowest BCUT2D eigenvalue weighted by molar-refractivity contribution is -0.131. The molecule has 1 aliphatic heterocycles. The molecular weight excluding hydrogens is 426 g/mol. The van der Waals surface area contributed by atoms with Crippen molar-refractivity contribution in [2.45, 2.75) is 30.2 Å². The molecule has 0 radical (unpaired) electrons. The largest absolute Gasteiger partial charge is 0.376 e. The van der Waals surface area contributed by atoms with E-state index in [-0.39, 0.29) is 13.0 Å². The molecule has 1 amide bonds. The summed E-state index contributed by atoms with van der Waals surface area (Å²) in [5.74, 6) is 11.3. The summed E-state index contributed by atoms with van der Waals surface area (Å²) in [5, 5.41) is 24.0. The average molecular weight is 448 g/mol. The number of hydroxylamine groups is 1. The number of amides is 1. The molecule has 1 aliphatic rings. The van der Waals surface area contributed by atoms with Crippen molar-refractivity contribution in [1.82, 2.24) is 15.3 Å². The van der Waals surface area contributed by atoms with E-state index in [1.54, 1.807) is 34.8 Å². The Bertz CT molecular complexity index is 1210. The van der Waals surface area contributed by atoms with E-state index >= 15 is 0 Å². The van der Waals surface area contributed by atoms with Crippen LogP contribution in [0.5, 0.6) is 0 Å². The molecule has 10 heteroatoms. The molecule has 1 aromatic carbocycles. The second kappa shape index (κ2) is 8.32.